The Morgan fingerprint density at radius 2 is 2.20 bits per heavy atom. The minimum atomic E-state index is -1.15. The van der Waals surface area contributed by atoms with Crippen LogP contribution in [0.1, 0.15) is 33.9 Å². The van der Waals surface area contributed by atoms with Crippen LogP contribution < -0.4 is 5.32 Å². The molecule has 0 radical (unpaired) electrons. The van der Waals surface area contributed by atoms with Gasteiger partial charge in [0.15, 0.2) is 0 Å². The number of nitrogens with one attached hydrogen (secondary N) is 1. The number of ether oxygens (including phenoxy) is 1. The molecule has 0 fully saturated rings. The zero-order chi connectivity index (χ0) is 25.0. The average molecular weight is 491 g/mol. The number of aromatic carboxylic acids is 1. The number of hydrogen-bond donors (Lipinski definition) is 2. The summed E-state index contributed by atoms with van der Waals surface area (Å²) in [6, 6.07) is 9.52. The maximum atomic E-state index is 11.4. The van der Waals surface area contributed by atoms with Crippen molar-refractivity contribution in [3.05, 3.63) is 71.2 Å². The lowest BCUT2D eigenvalue weighted by molar-refractivity contribution is 0.0602. The summed E-state index contributed by atoms with van der Waals surface area (Å²) in [5, 5.41) is 26.6. The summed E-state index contributed by atoms with van der Waals surface area (Å²) < 4.78 is 7.63. The first-order valence-electron chi connectivity index (χ1n) is 11.6. The number of carbonyl (C=O) groups is 1. The number of benzene rings is 1. The van der Waals surface area contributed by atoms with Crippen molar-refractivity contribution in [1.29, 1.82) is 5.26 Å². The summed E-state index contributed by atoms with van der Waals surface area (Å²) in [6.45, 7) is 8.19. The highest BCUT2D eigenvalue weighted by Crippen LogP contribution is 2.31. The Hall–Kier alpha value is -3.68. The second-order valence-corrected chi connectivity index (χ2v) is 15.5. The molecule has 2 aromatic rings. The minimum absolute atomic E-state index is 0.0696. The highest BCUT2D eigenvalue weighted by atomic mass is 28.3. The van der Waals surface area contributed by atoms with E-state index < -0.39 is 20.1 Å². The molecule has 4 rings (SSSR count). The van der Waals surface area contributed by atoms with Crippen LogP contribution in [0.4, 0.5) is 0 Å². The summed E-state index contributed by atoms with van der Waals surface area (Å²) in [4.78, 5) is 18.1. The lowest BCUT2D eigenvalue weighted by atomic mass is 10.0. The molecule has 0 saturated heterocycles. The van der Waals surface area contributed by atoms with E-state index in [1.54, 1.807) is 29.3 Å². The molecule has 182 valence electrons. The van der Waals surface area contributed by atoms with Crippen molar-refractivity contribution in [2.75, 3.05) is 13.3 Å². The molecule has 1 aromatic carbocycles. The summed E-state index contributed by atoms with van der Waals surface area (Å²) in [7, 11) is -1.15. The molecule has 2 atom stereocenters. The number of hydrogen-bond acceptors (Lipinski definition) is 7. The maximum Gasteiger partial charge on any atom is 0.335 e. The van der Waals surface area contributed by atoms with E-state index in [1.165, 1.54) is 6.07 Å². The van der Waals surface area contributed by atoms with Gasteiger partial charge in [-0.2, -0.15) is 10.4 Å². The first-order chi connectivity index (χ1) is 16.8. The van der Waals surface area contributed by atoms with E-state index in [-0.39, 0.29) is 18.2 Å². The molecule has 0 spiro atoms. The molecule has 2 N–H and O–H groups in total. The van der Waals surface area contributed by atoms with Crippen LogP contribution in [-0.4, -0.2) is 59.7 Å². The Bertz CT molecular complexity index is 1220. The number of rotatable bonds is 10. The second kappa shape index (κ2) is 10.3. The standard InChI is InChI=1S/C25H30N6O3Si/c1-35(2,3)12-11-34-17-30-16-28-23(21-8-10-27-24(21)30)20-14-29-31(15-20)22(7-9-26)18-5-4-6-19(13-18)25(32)33/h4-6,8,10,13-16,22,24,27H,7,11-12,17H2,1-3H3,(H,32,33). The van der Waals surface area contributed by atoms with Gasteiger partial charge in [-0.3, -0.25) is 4.68 Å². The third-order valence-electron chi connectivity index (χ3n) is 5.99. The average Bonchev–Trinajstić information content (AvgIpc) is 3.50. The van der Waals surface area contributed by atoms with Crippen molar-refractivity contribution in [3.63, 3.8) is 0 Å². The monoisotopic (exact) mass is 490 g/mol. The molecular weight excluding hydrogens is 460 g/mol. The van der Waals surface area contributed by atoms with Gasteiger partial charge in [-0.1, -0.05) is 31.8 Å². The van der Waals surface area contributed by atoms with Gasteiger partial charge in [-0.15, -0.1) is 0 Å². The van der Waals surface area contributed by atoms with Crippen LogP contribution in [-0.2, 0) is 4.74 Å². The molecule has 0 amide bonds. The van der Waals surface area contributed by atoms with Crippen LogP contribution in [0.15, 0.2) is 59.5 Å². The molecule has 0 bridgehead atoms. The van der Waals surface area contributed by atoms with Crippen LogP contribution >= 0.6 is 0 Å². The van der Waals surface area contributed by atoms with Crippen molar-refractivity contribution in [1.82, 2.24) is 20.0 Å². The normalized spacial score (nSPS) is 17.8. The van der Waals surface area contributed by atoms with Crippen molar-refractivity contribution in [3.8, 4) is 6.07 Å². The van der Waals surface area contributed by atoms with E-state index in [9.17, 15) is 15.2 Å². The Labute approximate surface area is 206 Å². The van der Waals surface area contributed by atoms with Gasteiger partial charge in [0.25, 0.3) is 0 Å². The van der Waals surface area contributed by atoms with Crippen molar-refractivity contribution in [2.24, 2.45) is 4.99 Å². The zero-order valence-electron chi connectivity index (χ0n) is 20.2. The largest absolute Gasteiger partial charge is 0.478 e. The maximum absolute atomic E-state index is 11.4. The van der Waals surface area contributed by atoms with E-state index in [4.69, 9.17) is 9.73 Å². The molecule has 2 aliphatic rings. The number of carboxylic acids is 1. The first kappa shape index (κ1) is 24.4. The molecule has 35 heavy (non-hydrogen) atoms. The molecule has 3 heterocycles. The van der Waals surface area contributed by atoms with E-state index in [1.807, 2.05) is 29.4 Å². The van der Waals surface area contributed by atoms with Gasteiger partial charge >= 0.3 is 5.97 Å². The molecule has 2 unspecified atom stereocenters. The second-order valence-electron chi connectivity index (χ2n) is 9.83. The van der Waals surface area contributed by atoms with Gasteiger partial charge in [-0.25, -0.2) is 9.79 Å². The SMILES string of the molecule is C[Si](C)(C)CCOCN1C=NC(c2cnn(C(CC#N)c3cccc(C(=O)O)c3)c2)=C2C=CNC21. The van der Waals surface area contributed by atoms with E-state index in [2.05, 4.69) is 36.1 Å². The number of aromatic nitrogens is 2. The lowest BCUT2D eigenvalue weighted by Crippen LogP contribution is -2.44. The fraction of sp³-hybridized carbons (Fsp3) is 0.360. The fourth-order valence-electron chi connectivity index (χ4n) is 4.02. The van der Waals surface area contributed by atoms with Gasteiger partial charge in [0.05, 0.1) is 42.3 Å². The fourth-order valence-corrected chi connectivity index (χ4v) is 4.78. The smallest absolute Gasteiger partial charge is 0.335 e. The van der Waals surface area contributed by atoms with Gasteiger partial charge < -0.3 is 20.1 Å². The van der Waals surface area contributed by atoms with Crippen LogP contribution in [0.25, 0.3) is 5.70 Å². The van der Waals surface area contributed by atoms with E-state index >= 15 is 0 Å². The Morgan fingerprint density at radius 3 is 2.94 bits per heavy atom. The first-order valence-corrected chi connectivity index (χ1v) is 15.3. The predicted molar refractivity (Wildman–Crippen MR) is 136 cm³/mol. The number of nitrogens with zero attached hydrogens (tertiary/aromatic N) is 5. The molecule has 0 aliphatic carbocycles. The summed E-state index contributed by atoms with van der Waals surface area (Å²) in [5.41, 5.74) is 3.54. The molecule has 0 saturated carbocycles. The predicted octanol–water partition coefficient (Wildman–Crippen LogP) is 3.89. The number of nitriles is 1. The van der Waals surface area contributed by atoms with Crippen molar-refractivity contribution >= 4 is 26.1 Å². The lowest BCUT2D eigenvalue weighted by Gasteiger charge is -2.31. The zero-order valence-corrected chi connectivity index (χ0v) is 21.2. The number of aliphatic imine (C=N–C) groups is 1. The highest BCUT2D eigenvalue weighted by molar-refractivity contribution is 6.76. The van der Waals surface area contributed by atoms with Crippen LogP contribution in [0.2, 0.25) is 25.7 Å². The molecular formula is C25H30N6O3Si. The summed E-state index contributed by atoms with van der Waals surface area (Å²) in [5.74, 6) is -1.01. The van der Waals surface area contributed by atoms with Crippen molar-refractivity contribution in [2.45, 2.75) is 44.3 Å². The summed E-state index contributed by atoms with van der Waals surface area (Å²) >= 11 is 0. The molecule has 9 nitrogen and oxygen atoms in total. The summed E-state index contributed by atoms with van der Waals surface area (Å²) in [6.07, 6.45) is 9.38. The van der Waals surface area contributed by atoms with Crippen LogP contribution in [0.5, 0.6) is 0 Å². The minimum Gasteiger partial charge on any atom is -0.478 e. The van der Waals surface area contributed by atoms with Gasteiger partial charge in [-0.05, 0) is 36.0 Å². The van der Waals surface area contributed by atoms with E-state index in [0.29, 0.717) is 12.3 Å². The van der Waals surface area contributed by atoms with Gasteiger partial charge in [0.2, 0.25) is 0 Å². The highest BCUT2D eigenvalue weighted by Gasteiger charge is 2.29. The van der Waals surface area contributed by atoms with Gasteiger partial charge in [0, 0.05) is 32.0 Å². The van der Waals surface area contributed by atoms with Crippen LogP contribution in [0.3, 0.4) is 0 Å². The van der Waals surface area contributed by atoms with Crippen molar-refractivity contribution < 1.29 is 14.6 Å². The van der Waals surface area contributed by atoms with Crippen LogP contribution in [0, 0.1) is 11.3 Å². The Morgan fingerprint density at radius 1 is 1.37 bits per heavy atom. The third-order valence-corrected chi connectivity index (χ3v) is 7.69. The molecule has 2 aliphatic heterocycles. The van der Waals surface area contributed by atoms with Gasteiger partial charge in [0.1, 0.15) is 12.9 Å². The number of fused-ring (bicyclic) bond motifs is 1. The third kappa shape index (κ3) is 5.70. The molecule has 1 aromatic heterocycles. The van der Waals surface area contributed by atoms with E-state index in [0.717, 1.165) is 29.5 Å². The molecule has 10 heteroatoms. The Balaban J connectivity index is 1.53. The Kier molecular flexibility index (Phi) is 7.19. The topological polar surface area (TPSA) is 116 Å². The number of carboxylic acid groups (broad SMARTS) is 1. The quantitative estimate of drug-likeness (QED) is 0.383.